The summed E-state index contributed by atoms with van der Waals surface area (Å²) < 4.78 is 0. The number of rotatable bonds is 19. The van der Waals surface area contributed by atoms with Gasteiger partial charge in [-0.05, 0) is 38.5 Å². The molecule has 2 aromatic heterocycles. The van der Waals surface area contributed by atoms with Crippen molar-refractivity contribution in [2.45, 2.75) is 78.6 Å². The van der Waals surface area contributed by atoms with Crippen LogP contribution < -0.4 is 32.3 Å². The van der Waals surface area contributed by atoms with Crippen LogP contribution in [0.1, 0.15) is 96.3 Å². The van der Waals surface area contributed by atoms with Gasteiger partial charge in [0.1, 0.15) is 17.4 Å². The lowest BCUT2D eigenvalue weighted by atomic mass is 10.0. The molecule has 0 saturated carbocycles. The molecule has 2 heterocycles. The minimum Gasteiger partial charge on any atom is -0.480 e. The summed E-state index contributed by atoms with van der Waals surface area (Å²) in [6, 6.07) is -2.85. The molecular weight excluding hydrogens is 600 g/mol. The molecule has 0 aromatic carbocycles. The summed E-state index contributed by atoms with van der Waals surface area (Å²) in [5.41, 5.74) is 5.17. The first kappa shape index (κ1) is 37.5. The smallest absolute Gasteiger partial charge is 0.325 e. The second-order valence-electron chi connectivity index (χ2n) is 11.9. The van der Waals surface area contributed by atoms with Gasteiger partial charge in [-0.25, -0.2) is 9.97 Å². The fourth-order valence-electron chi connectivity index (χ4n) is 4.53. The van der Waals surface area contributed by atoms with Crippen LogP contribution in [0.15, 0.2) is 12.7 Å². The Morgan fingerprint density at radius 2 is 1.17 bits per heavy atom. The van der Waals surface area contributed by atoms with E-state index in [2.05, 4.69) is 46.5 Å². The molecule has 0 unspecified atom stereocenters. The van der Waals surface area contributed by atoms with Gasteiger partial charge in [-0.1, -0.05) is 27.7 Å². The number of H-pyrrole nitrogens is 2. The summed E-state index contributed by atoms with van der Waals surface area (Å²) in [6.45, 7) is 11.0. The van der Waals surface area contributed by atoms with E-state index in [4.69, 9.17) is 10.8 Å². The number of amides is 4. The van der Waals surface area contributed by atoms with Crippen molar-refractivity contribution in [2.24, 2.45) is 17.6 Å². The van der Waals surface area contributed by atoms with Gasteiger partial charge in [-0.2, -0.15) is 0 Å². The number of carboxylic acid groups (broad SMARTS) is 1. The maximum Gasteiger partial charge on any atom is 0.325 e. The lowest BCUT2D eigenvalue weighted by Crippen LogP contribution is -2.47. The molecule has 17 nitrogen and oxygen atoms in total. The van der Waals surface area contributed by atoms with E-state index in [1.165, 1.54) is 20.2 Å². The van der Waals surface area contributed by atoms with Crippen LogP contribution in [0.25, 0.3) is 0 Å². The number of nitrogens with zero attached hydrogens (tertiary/aromatic N) is 2. The van der Waals surface area contributed by atoms with Gasteiger partial charge in [0.05, 0.1) is 25.2 Å². The number of hydrogen-bond acceptors (Lipinski definition) is 10. The Morgan fingerprint density at radius 3 is 1.63 bits per heavy atom. The highest BCUT2D eigenvalue weighted by Gasteiger charge is 2.27. The summed E-state index contributed by atoms with van der Waals surface area (Å²) >= 11 is 0. The monoisotopic (exact) mass is 646 g/mol. The molecular formula is C29H46N10O7. The van der Waals surface area contributed by atoms with E-state index in [-0.39, 0.29) is 60.2 Å². The minimum atomic E-state index is -1.24. The molecule has 254 valence electrons. The van der Waals surface area contributed by atoms with Crippen LogP contribution >= 0.6 is 0 Å². The Morgan fingerprint density at radius 1 is 0.717 bits per heavy atom. The van der Waals surface area contributed by atoms with Gasteiger partial charge in [-0.15, -0.1) is 0 Å². The van der Waals surface area contributed by atoms with Gasteiger partial charge in [-0.3, -0.25) is 28.8 Å². The highest BCUT2D eigenvalue weighted by atomic mass is 16.4. The number of carbonyl (C=O) groups excluding carboxylic acids is 5. The Hall–Kier alpha value is -4.64. The molecule has 2 aromatic rings. The number of nitrogens with one attached hydrogen (secondary N) is 7. The van der Waals surface area contributed by atoms with Crippen LogP contribution in [-0.4, -0.2) is 104 Å². The van der Waals surface area contributed by atoms with E-state index in [1.807, 2.05) is 27.7 Å². The maximum absolute atomic E-state index is 13.0. The van der Waals surface area contributed by atoms with E-state index in [1.54, 1.807) is 0 Å². The number of carboxylic acids is 1. The predicted octanol–water partition coefficient (Wildman–Crippen LogP) is -0.439. The quantitative estimate of drug-likeness (QED) is 0.0944. The summed E-state index contributed by atoms with van der Waals surface area (Å²) in [5.74, 6) is -3.83. The molecule has 10 N–H and O–H groups in total. The number of aliphatic carboxylic acids is 1. The Kier molecular flexibility index (Phi) is 14.5. The number of aromatic amines is 2. The number of ketones is 1. The molecule has 0 aliphatic carbocycles. The standard InChI is InChI=1S/C29H46N10O7/c1-14(2)7-18(9-30)38-27(43)23-21(32-12-34-23)25(41)36-16(5)20(40)11-31-10-19(8-15(3)4)39-28(44)24-22(33-13-35-24)26(42)37-17(6)29(45)46/h12-19,31H,7-11,30H2,1-6H3,(H,32,34)(H,33,35)(H,36,41)(H,37,42)(H,38,43)(H,39,44)(H,45,46)/t16-,17-,18-,19-/m0/s1. The number of Topliss-reactive ketones (excluding diaryl/α,β-unsaturated/α-hetero) is 1. The molecule has 17 heteroatoms. The molecule has 4 amide bonds. The van der Waals surface area contributed by atoms with Crippen LogP contribution in [0.3, 0.4) is 0 Å². The van der Waals surface area contributed by atoms with Crippen molar-refractivity contribution in [1.82, 2.24) is 46.5 Å². The fourth-order valence-corrected chi connectivity index (χ4v) is 4.53. The largest absolute Gasteiger partial charge is 0.480 e. The minimum absolute atomic E-state index is 0.0889. The molecule has 0 aliphatic heterocycles. The summed E-state index contributed by atoms with van der Waals surface area (Å²) in [4.78, 5) is 88.2. The van der Waals surface area contributed by atoms with Crippen molar-refractivity contribution in [3.8, 4) is 0 Å². The van der Waals surface area contributed by atoms with Gasteiger partial charge in [0.15, 0.2) is 17.2 Å². The zero-order valence-corrected chi connectivity index (χ0v) is 27.0. The van der Waals surface area contributed by atoms with Crippen molar-refractivity contribution >= 4 is 35.4 Å². The number of aromatic nitrogens is 4. The van der Waals surface area contributed by atoms with Crippen molar-refractivity contribution in [2.75, 3.05) is 19.6 Å². The molecule has 0 bridgehead atoms. The van der Waals surface area contributed by atoms with Crippen LogP contribution in [0.4, 0.5) is 0 Å². The van der Waals surface area contributed by atoms with E-state index in [0.29, 0.717) is 18.8 Å². The van der Waals surface area contributed by atoms with Gasteiger partial charge >= 0.3 is 5.97 Å². The van der Waals surface area contributed by atoms with Crippen LogP contribution in [0.5, 0.6) is 0 Å². The highest BCUT2D eigenvalue weighted by Crippen LogP contribution is 2.10. The van der Waals surface area contributed by atoms with E-state index < -0.39 is 47.7 Å². The molecule has 0 aliphatic rings. The number of imidazole rings is 2. The summed E-state index contributed by atoms with van der Waals surface area (Å²) in [6.07, 6.45) is 3.55. The Balaban J connectivity index is 1.96. The van der Waals surface area contributed by atoms with E-state index in [9.17, 15) is 28.8 Å². The van der Waals surface area contributed by atoms with Crippen molar-refractivity contribution < 1.29 is 33.9 Å². The summed E-state index contributed by atoms with van der Waals surface area (Å²) in [5, 5.41) is 22.5. The maximum atomic E-state index is 13.0. The first-order valence-electron chi connectivity index (χ1n) is 15.1. The average molecular weight is 647 g/mol. The van der Waals surface area contributed by atoms with Crippen molar-refractivity contribution in [3.63, 3.8) is 0 Å². The number of nitrogens with two attached hydrogens (primary N) is 1. The van der Waals surface area contributed by atoms with Crippen molar-refractivity contribution in [1.29, 1.82) is 0 Å². The first-order valence-corrected chi connectivity index (χ1v) is 15.1. The molecule has 0 spiro atoms. The lowest BCUT2D eigenvalue weighted by Gasteiger charge is -2.21. The molecule has 4 atom stereocenters. The normalized spacial score (nSPS) is 13.8. The second-order valence-corrected chi connectivity index (χ2v) is 11.9. The first-order chi connectivity index (χ1) is 21.6. The second kappa shape index (κ2) is 17.7. The summed E-state index contributed by atoms with van der Waals surface area (Å²) in [7, 11) is 0. The molecule has 46 heavy (non-hydrogen) atoms. The fraction of sp³-hybridized carbons (Fsp3) is 0.586. The zero-order valence-electron chi connectivity index (χ0n) is 27.0. The van der Waals surface area contributed by atoms with E-state index >= 15 is 0 Å². The van der Waals surface area contributed by atoms with Crippen LogP contribution in [-0.2, 0) is 9.59 Å². The van der Waals surface area contributed by atoms with Gasteiger partial charge in [0.25, 0.3) is 23.6 Å². The highest BCUT2D eigenvalue weighted by molar-refractivity contribution is 6.06. The molecule has 0 fully saturated rings. The number of hydrogen-bond donors (Lipinski definition) is 9. The third-order valence-electron chi connectivity index (χ3n) is 6.87. The number of carbonyl (C=O) groups is 6. The molecule has 0 radical (unpaired) electrons. The van der Waals surface area contributed by atoms with Gasteiger partial charge < -0.3 is 47.4 Å². The topological polar surface area (TPSA) is 266 Å². The SMILES string of the molecule is CC(C)C[C@@H](CNCC(=O)[C@H](C)NC(=O)c1[nH]cnc1C(=O)N[C@H](CN)CC(C)C)NC(=O)c1nc[nH]c1C(=O)N[C@@H](C)C(=O)O. The van der Waals surface area contributed by atoms with Gasteiger partial charge in [0, 0.05) is 25.2 Å². The van der Waals surface area contributed by atoms with E-state index in [0.717, 1.165) is 6.33 Å². The van der Waals surface area contributed by atoms with Crippen LogP contribution in [0, 0.1) is 11.8 Å². The third-order valence-corrected chi connectivity index (χ3v) is 6.87. The predicted molar refractivity (Wildman–Crippen MR) is 167 cm³/mol. The lowest BCUT2D eigenvalue weighted by molar-refractivity contribution is -0.138. The Labute approximate surface area is 267 Å². The van der Waals surface area contributed by atoms with Crippen molar-refractivity contribution in [3.05, 3.63) is 35.4 Å². The average Bonchev–Trinajstić information content (AvgIpc) is 3.66. The Bertz CT molecular complexity index is 1370. The third kappa shape index (κ3) is 11.4. The zero-order chi connectivity index (χ0) is 34.6. The molecule has 0 saturated heterocycles. The van der Waals surface area contributed by atoms with Gasteiger partial charge in [0.2, 0.25) is 0 Å². The molecule has 2 rings (SSSR count). The van der Waals surface area contributed by atoms with Crippen LogP contribution in [0.2, 0.25) is 0 Å².